The zero-order chi connectivity index (χ0) is 12.5. The minimum absolute atomic E-state index is 0.0392. The minimum Gasteiger partial charge on any atom is -0.386 e. The minimum atomic E-state index is -2.64. The molecule has 1 aromatic rings. The van der Waals surface area contributed by atoms with Gasteiger partial charge in [-0.2, -0.15) is 0 Å². The summed E-state index contributed by atoms with van der Waals surface area (Å²) in [7, 11) is 0. The zero-order valence-corrected chi connectivity index (χ0v) is 9.24. The Labute approximate surface area is 97.5 Å². The maximum atomic E-state index is 13.4. The van der Waals surface area contributed by atoms with Crippen LogP contribution in [0.3, 0.4) is 0 Å². The van der Waals surface area contributed by atoms with Gasteiger partial charge in [-0.05, 0) is 30.9 Å². The first-order chi connectivity index (χ1) is 7.99. The van der Waals surface area contributed by atoms with Crippen molar-refractivity contribution in [1.82, 2.24) is 4.98 Å². The van der Waals surface area contributed by atoms with Gasteiger partial charge in [-0.3, -0.25) is 4.98 Å². The molecule has 0 saturated heterocycles. The van der Waals surface area contributed by atoms with Gasteiger partial charge in [-0.15, -0.1) is 0 Å². The molecule has 1 unspecified atom stereocenters. The van der Waals surface area contributed by atoms with E-state index in [1.807, 2.05) is 0 Å². The Morgan fingerprint density at radius 2 is 2.00 bits per heavy atom. The Hall–Kier alpha value is -1.10. The molecule has 1 fully saturated rings. The highest BCUT2D eigenvalue weighted by Gasteiger charge is 2.38. The van der Waals surface area contributed by atoms with Crippen molar-refractivity contribution in [3.05, 3.63) is 29.8 Å². The first-order valence-electron chi connectivity index (χ1n) is 5.66. The number of aliphatic hydroxyl groups excluding tert-OH is 1. The van der Waals surface area contributed by atoms with Gasteiger partial charge in [-0.25, -0.2) is 13.2 Å². The molecule has 1 atom stereocenters. The van der Waals surface area contributed by atoms with Gasteiger partial charge < -0.3 is 5.11 Å². The average molecular weight is 245 g/mol. The normalized spacial score (nSPS) is 22.4. The summed E-state index contributed by atoms with van der Waals surface area (Å²) in [5, 5.41) is 9.95. The van der Waals surface area contributed by atoms with Gasteiger partial charge in [0.2, 0.25) is 5.92 Å². The van der Waals surface area contributed by atoms with E-state index >= 15 is 0 Å². The molecule has 2 nitrogen and oxygen atoms in total. The van der Waals surface area contributed by atoms with Crippen LogP contribution in [0.5, 0.6) is 0 Å². The Kier molecular flexibility index (Phi) is 3.38. The molecule has 0 aliphatic heterocycles. The first-order valence-corrected chi connectivity index (χ1v) is 5.66. The van der Waals surface area contributed by atoms with E-state index in [9.17, 15) is 18.3 Å². The quantitative estimate of drug-likeness (QED) is 0.868. The number of nitrogens with zero attached hydrogens (tertiary/aromatic N) is 1. The molecular formula is C12H14F3NO. The predicted molar refractivity (Wildman–Crippen MR) is 56.1 cm³/mol. The lowest BCUT2D eigenvalue weighted by Crippen LogP contribution is -2.28. The number of hydrogen-bond acceptors (Lipinski definition) is 2. The van der Waals surface area contributed by atoms with Gasteiger partial charge in [0, 0.05) is 19.0 Å². The third kappa shape index (κ3) is 2.77. The fourth-order valence-electron chi connectivity index (χ4n) is 2.22. The molecule has 2 rings (SSSR count). The second-order valence-electron chi connectivity index (χ2n) is 4.51. The summed E-state index contributed by atoms with van der Waals surface area (Å²) in [6, 6.07) is 2.64. The van der Waals surface area contributed by atoms with Crippen LogP contribution < -0.4 is 0 Å². The summed E-state index contributed by atoms with van der Waals surface area (Å²) < 4.78 is 39.3. The molecule has 1 aliphatic carbocycles. The summed E-state index contributed by atoms with van der Waals surface area (Å²) >= 11 is 0. The van der Waals surface area contributed by atoms with Crippen LogP contribution in [0.1, 0.15) is 37.5 Å². The van der Waals surface area contributed by atoms with Gasteiger partial charge in [0.15, 0.2) is 0 Å². The fourth-order valence-corrected chi connectivity index (χ4v) is 2.22. The van der Waals surface area contributed by atoms with Crippen LogP contribution >= 0.6 is 0 Å². The lowest BCUT2D eigenvalue weighted by molar-refractivity contribution is -0.0636. The van der Waals surface area contributed by atoms with Gasteiger partial charge in [0.25, 0.3) is 0 Å². The van der Waals surface area contributed by atoms with Crippen molar-refractivity contribution in [2.24, 2.45) is 5.92 Å². The molecule has 1 heterocycles. The molecule has 0 aromatic carbocycles. The van der Waals surface area contributed by atoms with E-state index < -0.39 is 17.8 Å². The van der Waals surface area contributed by atoms with Crippen LogP contribution in [-0.2, 0) is 0 Å². The Morgan fingerprint density at radius 1 is 1.35 bits per heavy atom. The molecule has 0 spiro atoms. The highest BCUT2D eigenvalue weighted by Crippen LogP contribution is 2.41. The maximum Gasteiger partial charge on any atom is 0.248 e. The van der Waals surface area contributed by atoms with Crippen LogP contribution in [0.2, 0.25) is 0 Å². The monoisotopic (exact) mass is 245 g/mol. The van der Waals surface area contributed by atoms with Crippen LogP contribution in [0, 0.1) is 11.7 Å². The fraction of sp³-hybridized carbons (Fsp3) is 0.583. The Balaban J connectivity index is 2.07. The van der Waals surface area contributed by atoms with E-state index in [1.165, 1.54) is 18.3 Å². The van der Waals surface area contributed by atoms with Crippen molar-refractivity contribution >= 4 is 0 Å². The van der Waals surface area contributed by atoms with Crippen LogP contribution in [0.15, 0.2) is 18.3 Å². The van der Waals surface area contributed by atoms with Gasteiger partial charge in [-0.1, -0.05) is 0 Å². The summed E-state index contributed by atoms with van der Waals surface area (Å²) in [6.07, 6.45) is 0.201. The number of halogens is 3. The van der Waals surface area contributed by atoms with Crippen LogP contribution in [0.4, 0.5) is 13.2 Å². The highest BCUT2D eigenvalue weighted by molar-refractivity contribution is 5.11. The lowest BCUT2D eigenvalue weighted by Gasteiger charge is -2.31. The van der Waals surface area contributed by atoms with E-state index in [0.717, 1.165) is 0 Å². The highest BCUT2D eigenvalue weighted by atomic mass is 19.3. The second kappa shape index (κ2) is 4.64. The zero-order valence-electron chi connectivity index (χ0n) is 9.24. The Morgan fingerprint density at radius 3 is 2.59 bits per heavy atom. The topological polar surface area (TPSA) is 33.1 Å². The molecule has 1 aromatic heterocycles. The summed E-state index contributed by atoms with van der Waals surface area (Å²) in [4.78, 5) is 3.78. The molecule has 0 bridgehead atoms. The number of aliphatic hydroxyl groups is 1. The molecule has 5 heteroatoms. The van der Waals surface area contributed by atoms with E-state index in [0.29, 0.717) is 0 Å². The number of rotatable bonds is 2. The predicted octanol–water partition coefficient (Wildman–Crippen LogP) is 3.08. The van der Waals surface area contributed by atoms with E-state index in [2.05, 4.69) is 4.98 Å². The van der Waals surface area contributed by atoms with Gasteiger partial charge in [0.1, 0.15) is 17.6 Å². The van der Waals surface area contributed by atoms with Crippen molar-refractivity contribution in [3.8, 4) is 0 Å². The molecule has 1 N–H and O–H groups in total. The first kappa shape index (κ1) is 12.4. The van der Waals surface area contributed by atoms with E-state index in [-0.39, 0.29) is 37.3 Å². The number of aromatic nitrogens is 1. The third-order valence-electron chi connectivity index (χ3n) is 3.28. The molecular weight excluding hydrogens is 231 g/mol. The van der Waals surface area contributed by atoms with Gasteiger partial charge in [0.05, 0.1) is 0 Å². The molecule has 0 amide bonds. The lowest BCUT2D eigenvalue weighted by atomic mass is 9.82. The van der Waals surface area contributed by atoms with Crippen molar-refractivity contribution in [2.75, 3.05) is 0 Å². The molecule has 17 heavy (non-hydrogen) atoms. The average Bonchev–Trinajstić information content (AvgIpc) is 2.29. The molecule has 1 aliphatic rings. The summed E-state index contributed by atoms with van der Waals surface area (Å²) in [6.45, 7) is 0. The standard InChI is InChI=1S/C12H14F3NO/c13-9-2-1-7-16-10(9)11(17)8-3-5-12(14,15)6-4-8/h1-2,7-8,11,17H,3-6H2. The summed E-state index contributed by atoms with van der Waals surface area (Å²) in [5.74, 6) is -3.56. The van der Waals surface area contributed by atoms with Gasteiger partial charge >= 0.3 is 0 Å². The number of hydrogen-bond donors (Lipinski definition) is 1. The summed E-state index contributed by atoms with van der Waals surface area (Å²) in [5.41, 5.74) is -0.0392. The maximum absolute atomic E-state index is 13.4. The van der Waals surface area contributed by atoms with Crippen LogP contribution in [-0.4, -0.2) is 16.0 Å². The van der Waals surface area contributed by atoms with Crippen molar-refractivity contribution < 1.29 is 18.3 Å². The Bertz CT molecular complexity index is 387. The van der Waals surface area contributed by atoms with Crippen molar-refractivity contribution in [2.45, 2.75) is 37.7 Å². The van der Waals surface area contributed by atoms with E-state index in [1.54, 1.807) is 0 Å². The number of alkyl halides is 2. The van der Waals surface area contributed by atoms with Crippen molar-refractivity contribution in [1.29, 1.82) is 0 Å². The number of pyridine rings is 1. The van der Waals surface area contributed by atoms with E-state index in [4.69, 9.17) is 0 Å². The second-order valence-corrected chi connectivity index (χ2v) is 4.51. The SMILES string of the molecule is OC(c1ncccc1F)C1CCC(F)(F)CC1. The largest absolute Gasteiger partial charge is 0.386 e. The molecule has 0 radical (unpaired) electrons. The van der Waals surface area contributed by atoms with Crippen molar-refractivity contribution in [3.63, 3.8) is 0 Å². The van der Waals surface area contributed by atoms with Crippen LogP contribution in [0.25, 0.3) is 0 Å². The molecule has 1 saturated carbocycles. The smallest absolute Gasteiger partial charge is 0.248 e. The third-order valence-corrected chi connectivity index (χ3v) is 3.28. The molecule has 94 valence electrons.